The van der Waals surface area contributed by atoms with Crippen LogP contribution in [0.5, 0.6) is 0 Å². The van der Waals surface area contributed by atoms with E-state index >= 15 is 0 Å². The molecule has 0 fully saturated rings. The van der Waals surface area contributed by atoms with Crippen molar-refractivity contribution in [3.05, 3.63) is 169 Å². The second-order valence-electron chi connectivity index (χ2n) is 13.5. The molecule has 0 bridgehead atoms. The van der Waals surface area contributed by atoms with Crippen LogP contribution in [-0.4, -0.2) is 52.5 Å². The maximum absolute atomic E-state index is 14.0. The van der Waals surface area contributed by atoms with Crippen molar-refractivity contribution >= 4 is 23.7 Å². The Bertz CT molecular complexity index is 2000. The molecule has 1 aliphatic heterocycles. The van der Waals surface area contributed by atoms with Gasteiger partial charge in [-0.25, -0.2) is 9.59 Å². The highest BCUT2D eigenvalue weighted by molar-refractivity contribution is 6.00. The number of hydrogen-bond acceptors (Lipinski definition) is 9. The van der Waals surface area contributed by atoms with Crippen LogP contribution in [0.2, 0.25) is 0 Å². The summed E-state index contributed by atoms with van der Waals surface area (Å²) in [6.45, 7) is 10.8. The van der Waals surface area contributed by atoms with E-state index in [0.29, 0.717) is 36.6 Å². The van der Waals surface area contributed by atoms with Crippen LogP contribution in [0.1, 0.15) is 68.4 Å². The number of pyridine rings is 1. The Morgan fingerprint density at radius 1 is 0.906 bits per heavy atom. The number of dihydropyridines is 1. The summed E-state index contributed by atoms with van der Waals surface area (Å²) in [6.07, 6.45) is 6.22. The minimum absolute atomic E-state index is 0.0783. The Balaban J connectivity index is 1.33. The zero-order valence-corrected chi connectivity index (χ0v) is 30.9. The number of benzene rings is 3. The van der Waals surface area contributed by atoms with Gasteiger partial charge in [-0.15, -0.1) is 0 Å². The number of carbonyl (C=O) groups excluding carboxylic acids is 2. The Hall–Kier alpha value is -5.87. The van der Waals surface area contributed by atoms with E-state index in [-0.39, 0.29) is 23.4 Å². The molecule has 0 saturated heterocycles. The zero-order chi connectivity index (χ0) is 37.9. The van der Waals surface area contributed by atoms with Gasteiger partial charge in [0.1, 0.15) is 6.61 Å². The van der Waals surface area contributed by atoms with E-state index in [1.807, 2.05) is 30.5 Å². The molecule has 10 nitrogen and oxygen atoms in total. The van der Waals surface area contributed by atoms with Gasteiger partial charge in [0.15, 0.2) is 0 Å². The summed E-state index contributed by atoms with van der Waals surface area (Å²) in [4.78, 5) is 45.1. The molecule has 1 atom stereocenters. The summed E-state index contributed by atoms with van der Waals surface area (Å²) in [6, 6.07) is 28.6. The minimum Gasteiger partial charge on any atom is -0.461 e. The third kappa shape index (κ3) is 10.6. The summed E-state index contributed by atoms with van der Waals surface area (Å²) in [5.41, 5.74) is 7.40. The summed E-state index contributed by atoms with van der Waals surface area (Å²) >= 11 is 0. The molecule has 4 aromatic rings. The van der Waals surface area contributed by atoms with Crippen molar-refractivity contribution in [2.24, 2.45) is 0 Å². The van der Waals surface area contributed by atoms with Crippen molar-refractivity contribution < 1.29 is 24.0 Å². The molecule has 1 aromatic heterocycles. The predicted octanol–water partition coefficient (Wildman–Crippen LogP) is 7.92. The molecule has 10 heteroatoms. The number of nitrogens with one attached hydrogen (secondary N) is 1. The molecule has 53 heavy (non-hydrogen) atoms. The maximum Gasteiger partial charge on any atom is 0.337 e. The topological polar surface area (TPSA) is 124 Å². The molecule has 1 N–H and O–H groups in total. The number of non-ortho nitro benzene ring substituents is 1. The first kappa shape index (κ1) is 38.4. The summed E-state index contributed by atoms with van der Waals surface area (Å²) < 4.78 is 11.5. The lowest BCUT2D eigenvalue weighted by Gasteiger charge is -2.31. The fourth-order valence-corrected chi connectivity index (χ4v) is 6.52. The van der Waals surface area contributed by atoms with E-state index in [9.17, 15) is 19.7 Å². The molecule has 3 aromatic carbocycles. The first-order valence-corrected chi connectivity index (χ1v) is 17.7. The van der Waals surface area contributed by atoms with Gasteiger partial charge in [0.2, 0.25) is 0 Å². The lowest BCUT2D eigenvalue weighted by Crippen LogP contribution is -2.34. The van der Waals surface area contributed by atoms with Gasteiger partial charge in [-0.3, -0.25) is 20.0 Å². The number of rotatable bonds is 15. The number of nitrogens with zero attached hydrogens (tertiary/aromatic N) is 3. The molecule has 0 spiro atoms. The molecular formula is C43H46N4O6. The predicted molar refractivity (Wildman–Crippen MR) is 205 cm³/mol. The molecule has 0 radical (unpaired) electrons. The summed E-state index contributed by atoms with van der Waals surface area (Å²) in [5, 5.41) is 14.9. The molecular weight excluding hydrogens is 668 g/mol. The van der Waals surface area contributed by atoms with Gasteiger partial charge < -0.3 is 14.8 Å². The van der Waals surface area contributed by atoms with Gasteiger partial charge in [-0.05, 0) is 74.9 Å². The first-order valence-electron chi connectivity index (χ1n) is 17.7. The third-order valence-corrected chi connectivity index (χ3v) is 8.84. The highest BCUT2D eigenvalue weighted by Crippen LogP contribution is 2.40. The second kappa shape index (κ2) is 18.1. The van der Waals surface area contributed by atoms with Gasteiger partial charge in [-0.1, -0.05) is 84.4 Å². The number of aromatic nitrogens is 1. The lowest BCUT2D eigenvalue weighted by molar-refractivity contribution is -0.384. The number of nitro benzene ring substituents is 1. The molecule has 0 saturated carbocycles. The van der Waals surface area contributed by atoms with Crippen LogP contribution in [0.3, 0.4) is 0 Å². The van der Waals surface area contributed by atoms with E-state index in [4.69, 9.17) is 9.47 Å². The van der Waals surface area contributed by atoms with Crippen LogP contribution in [0, 0.1) is 10.1 Å². The lowest BCUT2D eigenvalue weighted by atomic mass is 9.80. The van der Waals surface area contributed by atoms with Gasteiger partial charge in [0.05, 0.1) is 28.1 Å². The van der Waals surface area contributed by atoms with E-state index in [0.717, 1.165) is 28.7 Å². The summed E-state index contributed by atoms with van der Waals surface area (Å²) in [5.74, 6) is -2.16. The number of hydrogen-bond donors (Lipinski definition) is 1. The van der Waals surface area contributed by atoms with Crippen molar-refractivity contribution in [3.63, 3.8) is 0 Å². The highest BCUT2D eigenvalue weighted by atomic mass is 16.6. The van der Waals surface area contributed by atoms with Crippen molar-refractivity contribution in [2.75, 3.05) is 19.7 Å². The molecule has 5 rings (SSSR count). The second-order valence-corrected chi connectivity index (χ2v) is 13.5. The minimum atomic E-state index is -0.934. The molecule has 0 aliphatic carbocycles. The van der Waals surface area contributed by atoms with E-state index in [1.165, 1.54) is 17.7 Å². The van der Waals surface area contributed by atoms with Crippen LogP contribution in [-0.2, 0) is 32.0 Å². The molecule has 274 valence electrons. The van der Waals surface area contributed by atoms with Crippen LogP contribution < -0.4 is 5.32 Å². The number of ether oxygens (including phenoxy) is 2. The number of nitro groups is 1. The Kier molecular flexibility index (Phi) is 13.1. The average molecular weight is 715 g/mol. The van der Waals surface area contributed by atoms with E-state index in [1.54, 1.807) is 46.0 Å². The van der Waals surface area contributed by atoms with Crippen molar-refractivity contribution in [3.8, 4) is 0 Å². The molecule has 1 unspecified atom stereocenters. The average Bonchev–Trinajstić information content (AvgIpc) is 3.12. The Labute approximate surface area is 311 Å². The molecule has 1 aliphatic rings. The quantitative estimate of drug-likeness (QED) is 0.0743. The van der Waals surface area contributed by atoms with Gasteiger partial charge in [0, 0.05) is 55.6 Å². The van der Waals surface area contributed by atoms with Crippen LogP contribution in [0.15, 0.2) is 132 Å². The van der Waals surface area contributed by atoms with Gasteiger partial charge >= 0.3 is 11.9 Å². The third-order valence-electron chi connectivity index (χ3n) is 8.84. The standard InChI is InChI=1S/C43H46N4O6/c1-29(2)53-43(49)40-32(5)45-31(4)39(41(40)37-14-9-15-38(25-37)47(50)51)42(48)52-22-21-46(28-35-11-7-6-8-12-35)27-30(3)23-33-16-18-34(19-17-33)24-36-13-10-20-44-26-36/h6-20,23,25-26,29,41,45H,21-22,24,27-28H2,1-5H3. The van der Waals surface area contributed by atoms with Gasteiger partial charge in [0.25, 0.3) is 5.69 Å². The number of esters is 2. The van der Waals surface area contributed by atoms with E-state index in [2.05, 4.69) is 70.7 Å². The van der Waals surface area contributed by atoms with Crippen LogP contribution >= 0.6 is 0 Å². The smallest absolute Gasteiger partial charge is 0.337 e. The highest BCUT2D eigenvalue weighted by Gasteiger charge is 2.39. The number of carbonyl (C=O) groups is 2. The zero-order valence-electron chi connectivity index (χ0n) is 30.9. The van der Waals surface area contributed by atoms with Crippen molar-refractivity contribution in [2.45, 2.75) is 59.6 Å². The molecule has 0 amide bonds. The van der Waals surface area contributed by atoms with Crippen LogP contribution in [0.4, 0.5) is 5.69 Å². The summed E-state index contributed by atoms with van der Waals surface area (Å²) in [7, 11) is 0. The van der Waals surface area contributed by atoms with E-state index < -0.39 is 28.9 Å². The normalized spacial score (nSPS) is 14.7. The largest absolute Gasteiger partial charge is 0.461 e. The van der Waals surface area contributed by atoms with Gasteiger partial charge in [-0.2, -0.15) is 0 Å². The maximum atomic E-state index is 14.0. The Morgan fingerprint density at radius 2 is 1.60 bits per heavy atom. The monoisotopic (exact) mass is 714 g/mol. The SMILES string of the molecule is CC(=Cc1ccc(Cc2cccnc2)cc1)CN(CCOC(=O)C1=C(C)NC(C)=C(C(=O)OC(C)C)C1c1cccc([N+](=O)[O-])c1)Cc1ccccc1. The first-order chi connectivity index (χ1) is 25.5. The van der Waals surface area contributed by atoms with Crippen LogP contribution in [0.25, 0.3) is 6.08 Å². The van der Waals surface area contributed by atoms with Crippen molar-refractivity contribution in [1.29, 1.82) is 0 Å². The number of allylic oxidation sites excluding steroid dienone is 2. The fourth-order valence-electron chi connectivity index (χ4n) is 6.52. The molecule has 2 heterocycles. The van der Waals surface area contributed by atoms with Crippen molar-refractivity contribution in [1.82, 2.24) is 15.2 Å². The fraction of sp³-hybridized carbons (Fsp3) is 0.279. The Morgan fingerprint density at radius 3 is 2.26 bits per heavy atom.